The number of anilines is 1. The molecule has 0 radical (unpaired) electrons. The predicted molar refractivity (Wildman–Crippen MR) is 103 cm³/mol. The van der Waals surface area contributed by atoms with E-state index in [-0.39, 0.29) is 6.04 Å². The Bertz CT molecular complexity index is 1090. The van der Waals surface area contributed by atoms with Gasteiger partial charge < -0.3 is 5.32 Å². The third kappa shape index (κ3) is 2.36. The highest BCUT2D eigenvalue weighted by atomic mass is 15.4. The molecule has 1 atom stereocenters. The van der Waals surface area contributed by atoms with Gasteiger partial charge in [-0.2, -0.15) is 0 Å². The average Bonchev–Trinajstić information content (AvgIpc) is 2.97. The van der Waals surface area contributed by atoms with Gasteiger partial charge in [0, 0.05) is 41.0 Å². The zero-order chi connectivity index (χ0) is 17.5. The van der Waals surface area contributed by atoms with Crippen molar-refractivity contribution in [2.75, 3.05) is 5.32 Å². The number of benzene rings is 2. The summed E-state index contributed by atoms with van der Waals surface area (Å²) in [5.74, 6) is 0. The highest BCUT2D eigenvalue weighted by Gasteiger charge is 2.24. The van der Waals surface area contributed by atoms with Crippen LogP contribution in [0.15, 0.2) is 60.9 Å². The van der Waals surface area contributed by atoms with Crippen LogP contribution in [0.5, 0.6) is 0 Å². The number of hydrogen-bond acceptors (Lipinski definition) is 4. The Balaban J connectivity index is 1.61. The molecule has 0 spiro atoms. The van der Waals surface area contributed by atoms with Gasteiger partial charge in [0.1, 0.15) is 0 Å². The fourth-order valence-corrected chi connectivity index (χ4v) is 3.90. The van der Waals surface area contributed by atoms with Gasteiger partial charge in [0.25, 0.3) is 0 Å². The number of nitrogens with zero attached hydrogens (tertiary/aromatic N) is 4. The molecule has 2 aromatic carbocycles. The summed E-state index contributed by atoms with van der Waals surface area (Å²) in [5, 5.41) is 14.7. The van der Waals surface area contributed by atoms with Gasteiger partial charge >= 0.3 is 0 Å². The number of hydrogen-bond donors (Lipinski definition) is 1. The molecule has 0 fully saturated rings. The largest absolute Gasteiger partial charge is 0.378 e. The van der Waals surface area contributed by atoms with E-state index in [1.54, 1.807) is 0 Å². The van der Waals surface area contributed by atoms with Crippen LogP contribution in [0, 0.1) is 6.92 Å². The Morgan fingerprint density at radius 2 is 2.00 bits per heavy atom. The molecule has 5 rings (SSSR count). The van der Waals surface area contributed by atoms with Crippen LogP contribution in [0.4, 0.5) is 5.69 Å². The molecule has 1 aliphatic heterocycles. The minimum absolute atomic E-state index is 0.214. The van der Waals surface area contributed by atoms with Gasteiger partial charge in [-0.05, 0) is 31.0 Å². The van der Waals surface area contributed by atoms with Crippen LogP contribution < -0.4 is 5.32 Å². The molecule has 1 N–H and O–H groups in total. The molecule has 3 heterocycles. The zero-order valence-corrected chi connectivity index (χ0v) is 14.6. The van der Waals surface area contributed by atoms with Crippen molar-refractivity contribution < 1.29 is 0 Å². The molecule has 5 heteroatoms. The van der Waals surface area contributed by atoms with Crippen LogP contribution in [0.2, 0.25) is 0 Å². The van der Waals surface area contributed by atoms with Crippen molar-refractivity contribution in [2.45, 2.75) is 25.9 Å². The van der Waals surface area contributed by atoms with Crippen molar-refractivity contribution in [3.05, 3.63) is 72.2 Å². The molecule has 1 aliphatic rings. The molecule has 0 saturated carbocycles. The Morgan fingerprint density at radius 1 is 1.08 bits per heavy atom. The summed E-state index contributed by atoms with van der Waals surface area (Å²) in [4.78, 5) is 4.24. The van der Waals surface area contributed by atoms with Gasteiger partial charge in [0.15, 0.2) is 0 Å². The average molecular weight is 341 g/mol. The van der Waals surface area contributed by atoms with Gasteiger partial charge in [0.2, 0.25) is 0 Å². The summed E-state index contributed by atoms with van der Waals surface area (Å²) in [7, 11) is 0. The fraction of sp³-hybridized carbons (Fsp3) is 0.190. The Morgan fingerprint density at radius 3 is 2.96 bits per heavy atom. The number of pyridine rings is 1. The lowest BCUT2D eigenvalue weighted by Crippen LogP contribution is -2.12. The maximum Gasteiger partial charge on any atom is 0.0918 e. The molecule has 5 nitrogen and oxygen atoms in total. The van der Waals surface area contributed by atoms with Gasteiger partial charge in [-0.15, -0.1) is 5.10 Å². The molecular formula is C21H19N5. The van der Waals surface area contributed by atoms with E-state index in [1.807, 2.05) is 24.0 Å². The first kappa shape index (κ1) is 15.1. The Kier molecular flexibility index (Phi) is 3.45. The smallest absolute Gasteiger partial charge is 0.0918 e. The van der Waals surface area contributed by atoms with Crippen LogP contribution in [-0.2, 0) is 6.54 Å². The minimum atomic E-state index is 0.214. The maximum absolute atomic E-state index is 4.34. The van der Waals surface area contributed by atoms with Gasteiger partial charge in [-0.1, -0.05) is 41.6 Å². The Hall–Kier alpha value is -3.21. The number of fused-ring (bicyclic) bond motifs is 4. The van der Waals surface area contributed by atoms with Crippen LogP contribution in [-0.4, -0.2) is 20.0 Å². The minimum Gasteiger partial charge on any atom is -0.378 e. The van der Waals surface area contributed by atoms with Crippen molar-refractivity contribution in [3.63, 3.8) is 0 Å². The fourth-order valence-electron chi connectivity index (χ4n) is 3.90. The molecule has 4 aromatic rings. The van der Waals surface area contributed by atoms with Gasteiger partial charge in [-0.3, -0.25) is 4.98 Å². The van der Waals surface area contributed by atoms with Crippen molar-refractivity contribution in [1.29, 1.82) is 0 Å². The van der Waals surface area contributed by atoms with Crippen molar-refractivity contribution in [2.24, 2.45) is 0 Å². The second kappa shape index (κ2) is 5.95. The monoisotopic (exact) mass is 341 g/mol. The second-order valence-electron chi connectivity index (χ2n) is 6.72. The lowest BCUT2D eigenvalue weighted by atomic mass is 9.96. The van der Waals surface area contributed by atoms with Gasteiger partial charge in [-0.25, -0.2) is 4.68 Å². The zero-order valence-electron chi connectivity index (χ0n) is 14.6. The highest BCUT2D eigenvalue weighted by molar-refractivity contribution is 5.93. The SMILES string of the molecule is Cc1nnn2c1-c1ccccc1C(Nc1cccc3cnccc13)CC2. The third-order valence-electron chi connectivity index (χ3n) is 5.13. The van der Waals surface area contributed by atoms with E-state index in [4.69, 9.17) is 0 Å². The summed E-state index contributed by atoms with van der Waals surface area (Å²) in [6, 6.07) is 17.2. The van der Waals surface area contributed by atoms with Crippen molar-refractivity contribution in [1.82, 2.24) is 20.0 Å². The van der Waals surface area contributed by atoms with E-state index in [9.17, 15) is 0 Å². The predicted octanol–water partition coefficient (Wildman–Crippen LogP) is 4.36. The number of rotatable bonds is 2. The van der Waals surface area contributed by atoms with E-state index in [0.29, 0.717) is 0 Å². The van der Waals surface area contributed by atoms with Crippen LogP contribution in [0.1, 0.15) is 23.7 Å². The number of aromatic nitrogens is 4. The van der Waals surface area contributed by atoms with E-state index in [2.05, 4.69) is 69.1 Å². The quantitative estimate of drug-likeness (QED) is 0.588. The first-order valence-electron chi connectivity index (χ1n) is 8.90. The molecule has 0 saturated heterocycles. The highest BCUT2D eigenvalue weighted by Crippen LogP contribution is 2.37. The lowest BCUT2D eigenvalue weighted by Gasteiger charge is -2.21. The van der Waals surface area contributed by atoms with Gasteiger partial charge in [0.05, 0.1) is 17.4 Å². The van der Waals surface area contributed by atoms with E-state index >= 15 is 0 Å². The standard InChI is InChI=1S/C21H19N5/c1-14-21-18-7-3-2-6-17(18)20(10-12-26(21)25-24-14)23-19-8-4-5-15-13-22-11-9-16(15)19/h2-9,11,13,20,23H,10,12H2,1H3. The first-order valence-corrected chi connectivity index (χ1v) is 8.90. The van der Waals surface area contributed by atoms with Crippen LogP contribution in [0.25, 0.3) is 22.0 Å². The Labute approximate surface area is 151 Å². The molecule has 1 unspecified atom stereocenters. The summed E-state index contributed by atoms with van der Waals surface area (Å²) < 4.78 is 2.03. The molecular weight excluding hydrogens is 322 g/mol. The number of nitrogens with one attached hydrogen (secondary N) is 1. The molecule has 0 bridgehead atoms. The molecule has 2 aromatic heterocycles. The molecule has 128 valence electrons. The van der Waals surface area contributed by atoms with Crippen LogP contribution >= 0.6 is 0 Å². The van der Waals surface area contributed by atoms with Crippen LogP contribution in [0.3, 0.4) is 0 Å². The molecule has 0 amide bonds. The summed E-state index contributed by atoms with van der Waals surface area (Å²) in [5.41, 5.74) is 5.76. The molecule has 26 heavy (non-hydrogen) atoms. The lowest BCUT2D eigenvalue weighted by molar-refractivity contribution is 0.539. The van der Waals surface area contributed by atoms with E-state index in [0.717, 1.165) is 35.4 Å². The van der Waals surface area contributed by atoms with Crippen molar-refractivity contribution in [3.8, 4) is 11.3 Å². The normalized spacial score (nSPS) is 16.0. The van der Waals surface area contributed by atoms with E-state index in [1.165, 1.54) is 16.5 Å². The summed E-state index contributed by atoms with van der Waals surface area (Å²) >= 11 is 0. The molecule has 0 aliphatic carbocycles. The van der Waals surface area contributed by atoms with E-state index < -0.39 is 0 Å². The maximum atomic E-state index is 4.34. The third-order valence-corrected chi connectivity index (χ3v) is 5.13. The summed E-state index contributed by atoms with van der Waals surface area (Å²) in [6.07, 6.45) is 4.71. The second-order valence-corrected chi connectivity index (χ2v) is 6.72. The first-order chi connectivity index (χ1) is 12.8. The van der Waals surface area contributed by atoms with Crippen molar-refractivity contribution >= 4 is 16.5 Å². The topological polar surface area (TPSA) is 55.6 Å². The number of aryl methyl sites for hydroxylation is 2. The summed E-state index contributed by atoms with van der Waals surface area (Å²) in [6.45, 7) is 2.87.